The number of aromatic carboxylic acids is 1. The molecule has 0 saturated heterocycles. The number of carbonyl (C=O) groups excluding carboxylic acids is 4. The predicted molar refractivity (Wildman–Crippen MR) is 193 cm³/mol. The van der Waals surface area contributed by atoms with Gasteiger partial charge in [-0.05, 0) is 97.7 Å². The lowest BCUT2D eigenvalue weighted by atomic mass is 9.83. The molecule has 0 saturated carbocycles. The molecule has 1 unspecified atom stereocenters. The van der Waals surface area contributed by atoms with Crippen molar-refractivity contribution in [3.8, 4) is 11.1 Å². The zero-order chi connectivity index (χ0) is 36.8. The van der Waals surface area contributed by atoms with E-state index in [9.17, 15) is 29.1 Å². The summed E-state index contributed by atoms with van der Waals surface area (Å²) in [6.45, 7) is 2.66. The molecule has 0 aromatic heterocycles. The lowest BCUT2D eigenvalue weighted by molar-refractivity contribution is -0.136. The Hall–Kier alpha value is -5.45. The van der Waals surface area contributed by atoms with E-state index in [1.165, 1.54) is 42.2 Å². The van der Waals surface area contributed by atoms with Gasteiger partial charge in [0, 0.05) is 48.8 Å². The molecule has 51 heavy (non-hydrogen) atoms. The second-order valence-electron chi connectivity index (χ2n) is 12.6. The Morgan fingerprint density at radius 1 is 0.961 bits per heavy atom. The van der Waals surface area contributed by atoms with E-state index in [0.717, 1.165) is 22.8 Å². The maximum Gasteiger partial charge on any atom is 0.335 e. The zero-order valence-electron chi connectivity index (χ0n) is 28.4. The van der Waals surface area contributed by atoms with Crippen LogP contribution in [0.25, 0.3) is 17.2 Å². The number of hydrogen-bond acceptors (Lipinski definition) is 6. The number of nitrogens with zero attached hydrogens (tertiary/aromatic N) is 2. The number of carbonyl (C=O) groups is 5. The van der Waals surface area contributed by atoms with Crippen LogP contribution in [-0.2, 0) is 22.4 Å². The van der Waals surface area contributed by atoms with Gasteiger partial charge in [0.2, 0.25) is 5.91 Å². The van der Waals surface area contributed by atoms with Gasteiger partial charge in [0.1, 0.15) is 11.9 Å². The van der Waals surface area contributed by atoms with Crippen LogP contribution in [-0.4, -0.2) is 78.0 Å². The molecule has 1 aliphatic rings. The van der Waals surface area contributed by atoms with E-state index in [1.807, 2.05) is 43.3 Å². The number of benzene rings is 4. The molecular weight excluding hydrogens is 673 g/mol. The molecule has 1 heterocycles. The Balaban J connectivity index is 1.49. The highest BCUT2D eigenvalue weighted by molar-refractivity contribution is 6.31. The Morgan fingerprint density at radius 3 is 2.29 bits per heavy atom. The lowest BCUT2D eigenvalue weighted by Gasteiger charge is -2.37. The van der Waals surface area contributed by atoms with Crippen molar-refractivity contribution in [1.82, 2.24) is 15.1 Å². The van der Waals surface area contributed by atoms with E-state index >= 15 is 4.39 Å². The molecule has 0 fully saturated rings. The van der Waals surface area contributed by atoms with Crippen LogP contribution in [0.2, 0.25) is 5.02 Å². The Labute approximate surface area is 300 Å². The molecule has 9 nitrogen and oxygen atoms in total. The van der Waals surface area contributed by atoms with Crippen LogP contribution in [0.15, 0.2) is 84.9 Å². The first-order valence-corrected chi connectivity index (χ1v) is 16.7. The number of fused-ring (bicyclic) bond motifs is 1. The number of amides is 2. The van der Waals surface area contributed by atoms with Crippen LogP contribution in [0.1, 0.15) is 66.3 Å². The molecule has 4 aromatic rings. The molecule has 1 atom stereocenters. The molecule has 4 aromatic carbocycles. The van der Waals surface area contributed by atoms with E-state index in [4.69, 9.17) is 11.6 Å². The van der Waals surface area contributed by atoms with Crippen LogP contribution in [0.4, 0.5) is 4.39 Å². The summed E-state index contributed by atoms with van der Waals surface area (Å²) < 4.78 is 15.0. The third-order valence-electron chi connectivity index (χ3n) is 8.80. The van der Waals surface area contributed by atoms with E-state index in [2.05, 4.69) is 5.32 Å². The number of halogens is 2. The first-order valence-electron chi connectivity index (χ1n) is 16.3. The fourth-order valence-corrected chi connectivity index (χ4v) is 6.33. The minimum atomic E-state index is -1.09. The average Bonchev–Trinajstić information content (AvgIpc) is 3.11. The third-order valence-corrected chi connectivity index (χ3v) is 9.09. The van der Waals surface area contributed by atoms with Gasteiger partial charge >= 0.3 is 5.97 Å². The molecule has 0 bridgehead atoms. The molecular formula is C40H37ClFN3O6. The van der Waals surface area contributed by atoms with Crippen molar-refractivity contribution in [2.75, 3.05) is 33.7 Å². The summed E-state index contributed by atoms with van der Waals surface area (Å²) in [4.78, 5) is 67.7. The highest BCUT2D eigenvalue weighted by atomic mass is 35.5. The minimum Gasteiger partial charge on any atom is -0.478 e. The van der Waals surface area contributed by atoms with Gasteiger partial charge in [-0.15, -0.1) is 0 Å². The van der Waals surface area contributed by atoms with Crippen molar-refractivity contribution in [2.24, 2.45) is 0 Å². The van der Waals surface area contributed by atoms with Crippen LogP contribution in [0.5, 0.6) is 0 Å². The molecule has 2 N–H and O–H groups in total. The standard InChI is InChI=1S/C40H37ClFN3O6/c1-24(46)29-15-17-34(41)37(42)32(29)16-18-36(48)45-21-19-31-30(26-11-13-27(14-12-26)39(49)43-20-22-44(2)3)5-4-6-33(31)38(45)35(47)23-25-7-9-28(10-8-25)40(50)51/h4-18,38H,19-23H2,1-3H3,(H,43,49)(H,50,51)/b18-16+. The second kappa shape index (κ2) is 16.1. The van der Waals surface area contributed by atoms with E-state index in [1.54, 1.807) is 30.3 Å². The fraction of sp³-hybridized carbons (Fsp3) is 0.225. The molecule has 0 radical (unpaired) electrons. The number of nitrogens with one attached hydrogen (secondary N) is 1. The van der Waals surface area contributed by atoms with Crippen molar-refractivity contribution < 1.29 is 33.5 Å². The lowest BCUT2D eigenvalue weighted by Crippen LogP contribution is -2.43. The Bertz CT molecular complexity index is 2030. The number of likely N-dealkylation sites (N-methyl/N-ethyl adjacent to an activating group) is 1. The van der Waals surface area contributed by atoms with Crippen LogP contribution in [0.3, 0.4) is 0 Å². The summed E-state index contributed by atoms with van der Waals surface area (Å²) in [7, 11) is 3.86. The number of rotatable bonds is 12. The average molecular weight is 710 g/mol. The maximum absolute atomic E-state index is 15.0. The quantitative estimate of drug-likeness (QED) is 0.131. The van der Waals surface area contributed by atoms with Crippen molar-refractivity contribution in [2.45, 2.75) is 25.8 Å². The number of carboxylic acid groups (broad SMARTS) is 1. The second-order valence-corrected chi connectivity index (χ2v) is 13.0. The number of carboxylic acids is 1. The maximum atomic E-state index is 15.0. The summed E-state index contributed by atoms with van der Waals surface area (Å²) in [5.41, 5.74) is 4.27. The Morgan fingerprint density at radius 2 is 1.65 bits per heavy atom. The van der Waals surface area contributed by atoms with Gasteiger partial charge in [0.25, 0.3) is 5.91 Å². The molecule has 2 amide bonds. The topological polar surface area (TPSA) is 124 Å². The summed E-state index contributed by atoms with van der Waals surface area (Å²) >= 11 is 5.99. The normalized spacial score (nSPS) is 14.0. The van der Waals surface area contributed by atoms with Crippen molar-refractivity contribution in [3.63, 3.8) is 0 Å². The summed E-state index contributed by atoms with van der Waals surface area (Å²) in [6, 6.07) is 20.3. The van der Waals surface area contributed by atoms with E-state index < -0.39 is 29.5 Å². The first kappa shape index (κ1) is 36.8. The van der Waals surface area contributed by atoms with Gasteiger partial charge in [0.05, 0.1) is 10.6 Å². The molecule has 262 valence electrons. The van der Waals surface area contributed by atoms with Crippen molar-refractivity contribution in [1.29, 1.82) is 0 Å². The largest absolute Gasteiger partial charge is 0.478 e. The number of ketones is 2. The van der Waals surface area contributed by atoms with E-state index in [-0.39, 0.29) is 46.4 Å². The van der Waals surface area contributed by atoms with Crippen LogP contribution >= 0.6 is 11.6 Å². The van der Waals surface area contributed by atoms with E-state index in [0.29, 0.717) is 36.2 Å². The van der Waals surface area contributed by atoms with Gasteiger partial charge in [-0.25, -0.2) is 9.18 Å². The first-order chi connectivity index (χ1) is 24.3. The molecule has 0 aliphatic carbocycles. The predicted octanol–water partition coefficient (Wildman–Crippen LogP) is 6.29. The van der Waals surface area contributed by atoms with Crippen molar-refractivity contribution in [3.05, 3.63) is 135 Å². The van der Waals surface area contributed by atoms with Gasteiger partial charge in [-0.2, -0.15) is 0 Å². The smallest absolute Gasteiger partial charge is 0.335 e. The summed E-state index contributed by atoms with van der Waals surface area (Å²) in [6.07, 6.45) is 2.66. The number of Topliss-reactive ketones (excluding diaryl/α,β-unsaturated/α-hetero) is 2. The van der Waals surface area contributed by atoms with Crippen molar-refractivity contribution >= 4 is 47.0 Å². The zero-order valence-corrected chi connectivity index (χ0v) is 29.2. The summed E-state index contributed by atoms with van der Waals surface area (Å²) in [5.74, 6) is -3.39. The van der Waals surface area contributed by atoms with Gasteiger partial charge in [-0.3, -0.25) is 19.2 Å². The molecule has 0 spiro atoms. The SMILES string of the molecule is CC(=O)c1ccc(Cl)c(F)c1/C=C/C(=O)N1CCc2c(-c3ccc(C(=O)NCCN(C)C)cc3)cccc2C1C(=O)Cc1ccc(C(=O)O)cc1. The third kappa shape index (κ3) is 8.48. The van der Waals surface area contributed by atoms with Gasteiger partial charge in [-0.1, -0.05) is 54.1 Å². The fourth-order valence-electron chi connectivity index (χ4n) is 6.17. The van der Waals surface area contributed by atoms with Gasteiger partial charge < -0.3 is 20.2 Å². The molecule has 5 rings (SSSR count). The Kier molecular flexibility index (Phi) is 11.6. The highest BCUT2D eigenvalue weighted by Gasteiger charge is 2.36. The summed E-state index contributed by atoms with van der Waals surface area (Å²) in [5, 5.41) is 12.0. The monoisotopic (exact) mass is 709 g/mol. The number of hydrogen-bond donors (Lipinski definition) is 2. The minimum absolute atomic E-state index is 0.0593. The van der Waals surface area contributed by atoms with Gasteiger partial charge in [0.15, 0.2) is 11.6 Å². The molecule has 1 aliphatic heterocycles. The van der Waals surface area contributed by atoms with Crippen LogP contribution < -0.4 is 5.32 Å². The highest BCUT2D eigenvalue weighted by Crippen LogP contribution is 2.38. The van der Waals surface area contributed by atoms with Crippen LogP contribution in [0, 0.1) is 5.82 Å². The molecule has 11 heteroatoms.